The third kappa shape index (κ3) is 2.85. The molecular formula is C12H14F2O. The monoisotopic (exact) mass is 212 g/mol. The topological polar surface area (TPSA) is 17.1 Å². The molecule has 1 aromatic rings. The van der Waals surface area contributed by atoms with E-state index in [4.69, 9.17) is 0 Å². The highest BCUT2D eigenvalue weighted by molar-refractivity contribution is 5.75. The maximum Gasteiger partial charge on any atom is 0.245 e. The fourth-order valence-corrected chi connectivity index (χ4v) is 1.66. The molecule has 0 saturated heterocycles. The SMILES string of the molecule is CC(C)C(c1cccc(C=O)c1)C(F)F. The predicted molar refractivity (Wildman–Crippen MR) is 55.4 cm³/mol. The Bertz CT molecular complexity index is 326. The molecule has 0 aliphatic rings. The molecule has 82 valence electrons. The highest BCUT2D eigenvalue weighted by Gasteiger charge is 2.25. The van der Waals surface area contributed by atoms with E-state index in [0.717, 1.165) is 0 Å². The molecule has 0 N–H and O–H groups in total. The van der Waals surface area contributed by atoms with Crippen LogP contribution in [0.1, 0.15) is 35.7 Å². The number of carbonyl (C=O) groups is 1. The van der Waals surface area contributed by atoms with Gasteiger partial charge in [0.2, 0.25) is 6.43 Å². The quantitative estimate of drug-likeness (QED) is 0.698. The van der Waals surface area contributed by atoms with E-state index in [2.05, 4.69) is 0 Å². The second-order valence-electron chi connectivity index (χ2n) is 3.89. The van der Waals surface area contributed by atoms with Gasteiger partial charge in [0.15, 0.2) is 0 Å². The van der Waals surface area contributed by atoms with E-state index in [1.54, 1.807) is 32.0 Å². The molecule has 1 nitrogen and oxygen atoms in total. The average molecular weight is 212 g/mol. The highest BCUT2D eigenvalue weighted by Crippen LogP contribution is 2.30. The second kappa shape index (κ2) is 5.01. The van der Waals surface area contributed by atoms with Gasteiger partial charge in [0.05, 0.1) is 0 Å². The number of benzene rings is 1. The van der Waals surface area contributed by atoms with Gasteiger partial charge in [-0.2, -0.15) is 0 Å². The molecule has 0 aliphatic heterocycles. The molecule has 15 heavy (non-hydrogen) atoms. The molecule has 0 spiro atoms. The van der Waals surface area contributed by atoms with Gasteiger partial charge in [-0.05, 0) is 17.5 Å². The standard InChI is InChI=1S/C12H14F2O/c1-8(2)11(12(13)14)10-5-3-4-9(6-10)7-15/h3-8,11-12H,1-2H3. The molecule has 0 aromatic heterocycles. The number of alkyl halides is 2. The first-order chi connectivity index (χ1) is 7.06. The van der Waals surface area contributed by atoms with Crippen LogP contribution >= 0.6 is 0 Å². The molecule has 0 radical (unpaired) electrons. The maximum atomic E-state index is 12.8. The van der Waals surface area contributed by atoms with Gasteiger partial charge in [-0.25, -0.2) is 8.78 Å². The Labute approximate surface area is 88.1 Å². The summed E-state index contributed by atoms with van der Waals surface area (Å²) < 4.78 is 25.6. The van der Waals surface area contributed by atoms with Crippen LogP contribution in [-0.4, -0.2) is 12.7 Å². The summed E-state index contributed by atoms with van der Waals surface area (Å²) in [5.41, 5.74) is 0.975. The number of carbonyl (C=O) groups excluding carboxylic acids is 1. The summed E-state index contributed by atoms with van der Waals surface area (Å²) in [6.07, 6.45) is -1.72. The Kier molecular flexibility index (Phi) is 3.95. The van der Waals surface area contributed by atoms with Crippen molar-refractivity contribution in [2.75, 3.05) is 0 Å². The largest absolute Gasteiger partial charge is 0.298 e. The minimum Gasteiger partial charge on any atom is -0.298 e. The Hall–Kier alpha value is -1.25. The van der Waals surface area contributed by atoms with Gasteiger partial charge in [0.25, 0.3) is 0 Å². The third-order valence-electron chi connectivity index (χ3n) is 2.42. The normalized spacial score (nSPS) is 13.2. The van der Waals surface area contributed by atoms with Crippen LogP contribution in [-0.2, 0) is 0 Å². The van der Waals surface area contributed by atoms with Crippen LogP contribution in [0.4, 0.5) is 8.78 Å². The minimum atomic E-state index is -2.40. The van der Waals surface area contributed by atoms with Gasteiger partial charge in [-0.1, -0.05) is 32.0 Å². The molecule has 0 saturated carbocycles. The van der Waals surface area contributed by atoms with Gasteiger partial charge in [0.1, 0.15) is 6.29 Å². The van der Waals surface area contributed by atoms with Crippen molar-refractivity contribution in [2.24, 2.45) is 5.92 Å². The van der Waals surface area contributed by atoms with E-state index >= 15 is 0 Å². The molecule has 0 amide bonds. The van der Waals surface area contributed by atoms with Crippen LogP contribution in [0.25, 0.3) is 0 Å². The summed E-state index contributed by atoms with van der Waals surface area (Å²) in [5, 5.41) is 0. The van der Waals surface area contributed by atoms with Crippen LogP contribution in [0.5, 0.6) is 0 Å². The molecule has 1 aromatic carbocycles. The van der Waals surface area contributed by atoms with E-state index in [1.807, 2.05) is 0 Å². The number of hydrogen-bond donors (Lipinski definition) is 0. The Morgan fingerprint density at radius 1 is 1.27 bits per heavy atom. The zero-order valence-electron chi connectivity index (χ0n) is 8.78. The van der Waals surface area contributed by atoms with Gasteiger partial charge in [-0.15, -0.1) is 0 Å². The zero-order valence-corrected chi connectivity index (χ0v) is 8.78. The summed E-state index contributed by atoms with van der Waals surface area (Å²) in [4.78, 5) is 10.5. The summed E-state index contributed by atoms with van der Waals surface area (Å²) in [6, 6.07) is 6.42. The number of rotatable bonds is 4. The van der Waals surface area contributed by atoms with Gasteiger partial charge < -0.3 is 0 Å². The molecule has 3 heteroatoms. The molecule has 1 atom stereocenters. The first kappa shape index (κ1) is 11.8. The Morgan fingerprint density at radius 2 is 1.93 bits per heavy atom. The fraction of sp³-hybridized carbons (Fsp3) is 0.417. The highest BCUT2D eigenvalue weighted by atomic mass is 19.3. The van der Waals surface area contributed by atoms with E-state index < -0.39 is 12.3 Å². The average Bonchev–Trinajstić information content (AvgIpc) is 2.17. The predicted octanol–water partition coefficient (Wildman–Crippen LogP) is 3.50. The van der Waals surface area contributed by atoms with Crippen molar-refractivity contribution in [2.45, 2.75) is 26.2 Å². The lowest BCUT2D eigenvalue weighted by molar-refractivity contribution is 0.0932. The van der Waals surface area contributed by atoms with Crippen LogP contribution in [0, 0.1) is 5.92 Å². The smallest absolute Gasteiger partial charge is 0.245 e. The lowest BCUT2D eigenvalue weighted by Crippen LogP contribution is -2.15. The fourth-order valence-electron chi connectivity index (χ4n) is 1.66. The Balaban J connectivity index is 3.05. The van der Waals surface area contributed by atoms with Gasteiger partial charge >= 0.3 is 0 Å². The first-order valence-corrected chi connectivity index (χ1v) is 4.89. The molecule has 1 unspecified atom stereocenters. The van der Waals surface area contributed by atoms with Crippen molar-refractivity contribution in [1.29, 1.82) is 0 Å². The van der Waals surface area contributed by atoms with Crippen LogP contribution in [0.2, 0.25) is 0 Å². The zero-order chi connectivity index (χ0) is 11.4. The number of halogens is 2. The van der Waals surface area contributed by atoms with Crippen molar-refractivity contribution in [3.63, 3.8) is 0 Å². The van der Waals surface area contributed by atoms with E-state index in [9.17, 15) is 13.6 Å². The van der Waals surface area contributed by atoms with Crippen molar-refractivity contribution in [3.05, 3.63) is 35.4 Å². The molecule has 0 bridgehead atoms. The van der Waals surface area contributed by atoms with Crippen LogP contribution < -0.4 is 0 Å². The summed E-state index contributed by atoms with van der Waals surface area (Å²) in [6.45, 7) is 3.51. The molecule has 1 rings (SSSR count). The summed E-state index contributed by atoms with van der Waals surface area (Å²) >= 11 is 0. The van der Waals surface area contributed by atoms with Gasteiger partial charge in [-0.3, -0.25) is 4.79 Å². The number of aldehydes is 1. The second-order valence-corrected chi connectivity index (χ2v) is 3.89. The molecule has 0 fully saturated rings. The van der Waals surface area contributed by atoms with Gasteiger partial charge in [0, 0.05) is 11.5 Å². The van der Waals surface area contributed by atoms with Crippen molar-refractivity contribution in [1.82, 2.24) is 0 Å². The number of hydrogen-bond acceptors (Lipinski definition) is 1. The first-order valence-electron chi connectivity index (χ1n) is 4.89. The van der Waals surface area contributed by atoms with E-state index in [-0.39, 0.29) is 5.92 Å². The third-order valence-corrected chi connectivity index (χ3v) is 2.42. The maximum absolute atomic E-state index is 12.8. The van der Waals surface area contributed by atoms with E-state index in [1.165, 1.54) is 6.07 Å². The van der Waals surface area contributed by atoms with Crippen molar-refractivity contribution >= 4 is 6.29 Å². The summed E-state index contributed by atoms with van der Waals surface area (Å²) in [5.74, 6) is -0.947. The Morgan fingerprint density at radius 3 is 2.40 bits per heavy atom. The molecule has 0 aliphatic carbocycles. The van der Waals surface area contributed by atoms with E-state index in [0.29, 0.717) is 17.4 Å². The summed E-state index contributed by atoms with van der Waals surface area (Å²) in [7, 11) is 0. The molecule has 0 heterocycles. The van der Waals surface area contributed by atoms with Crippen LogP contribution in [0.3, 0.4) is 0 Å². The minimum absolute atomic E-state index is 0.146. The van der Waals surface area contributed by atoms with Crippen molar-refractivity contribution in [3.8, 4) is 0 Å². The lowest BCUT2D eigenvalue weighted by Gasteiger charge is -2.20. The lowest BCUT2D eigenvalue weighted by atomic mass is 9.88. The molecular weight excluding hydrogens is 198 g/mol. The van der Waals surface area contributed by atoms with Crippen LogP contribution in [0.15, 0.2) is 24.3 Å². The van der Waals surface area contributed by atoms with Crippen molar-refractivity contribution < 1.29 is 13.6 Å².